The van der Waals surface area contributed by atoms with Crippen LogP contribution in [0.2, 0.25) is 0 Å². The molecule has 0 amide bonds. The highest BCUT2D eigenvalue weighted by Crippen LogP contribution is 2.17. The number of benzene rings is 3. The molecule has 158 valence electrons. The number of nitrogens with zero attached hydrogens (tertiary/aromatic N) is 1. The van der Waals surface area contributed by atoms with Gasteiger partial charge in [-0.2, -0.15) is 0 Å². The molecule has 0 atom stereocenters. The van der Waals surface area contributed by atoms with Crippen molar-refractivity contribution < 1.29 is 24.2 Å². The second-order valence-electron chi connectivity index (χ2n) is 6.55. The molecule has 0 saturated heterocycles. The van der Waals surface area contributed by atoms with Crippen LogP contribution < -0.4 is 9.47 Å². The van der Waals surface area contributed by atoms with Crippen molar-refractivity contribution in [2.75, 3.05) is 13.7 Å². The molecule has 0 aromatic heterocycles. The Morgan fingerprint density at radius 2 is 1.55 bits per heavy atom. The first-order chi connectivity index (χ1) is 15.1. The van der Waals surface area contributed by atoms with Crippen LogP contribution in [-0.2, 0) is 16.2 Å². The Hall–Kier alpha value is -4.06. The average molecular weight is 417 g/mol. The van der Waals surface area contributed by atoms with Crippen molar-refractivity contribution in [3.05, 3.63) is 102 Å². The van der Waals surface area contributed by atoms with Gasteiger partial charge in [-0.05, 0) is 41.5 Å². The number of aliphatic carboxylic acids is 1. The van der Waals surface area contributed by atoms with Crippen LogP contribution in [0.1, 0.15) is 16.7 Å². The molecule has 3 aromatic rings. The van der Waals surface area contributed by atoms with Crippen molar-refractivity contribution in [2.24, 2.45) is 5.16 Å². The number of ether oxygens (including phenoxy) is 2. The molecule has 31 heavy (non-hydrogen) atoms. The van der Waals surface area contributed by atoms with Gasteiger partial charge >= 0.3 is 5.97 Å². The molecule has 6 heteroatoms. The predicted octanol–water partition coefficient (Wildman–Crippen LogP) is 4.79. The summed E-state index contributed by atoms with van der Waals surface area (Å²) in [6, 6.07) is 24.6. The van der Waals surface area contributed by atoms with Crippen LogP contribution in [0, 0.1) is 0 Å². The van der Waals surface area contributed by atoms with Gasteiger partial charge in [0.05, 0.1) is 0 Å². The van der Waals surface area contributed by atoms with E-state index < -0.39 is 5.97 Å². The molecule has 0 aliphatic carbocycles. The number of carbonyl (C=O) groups is 1. The zero-order chi connectivity index (χ0) is 21.9. The van der Waals surface area contributed by atoms with Gasteiger partial charge < -0.3 is 19.4 Å². The number of hydrogen-bond donors (Lipinski definition) is 1. The number of oxime groups is 1. The number of carboxylic acids is 1. The standard InChI is InChI=1S/C25H23NO5/c1-29-26-24(21-5-3-2-4-6-21)18-31-23-14-9-20(10-15-23)17-30-22-12-7-19(8-13-22)11-16-25(27)28/h2-16H,17-18H2,1H3,(H,27,28). The van der Waals surface area contributed by atoms with Crippen molar-refractivity contribution in [1.29, 1.82) is 0 Å². The molecule has 0 fully saturated rings. The zero-order valence-electron chi connectivity index (χ0n) is 17.1. The van der Waals surface area contributed by atoms with Gasteiger partial charge in [-0.25, -0.2) is 4.79 Å². The Morgan fingerprint density at radius 1 is 0.903 bits per heavy atom. The third-order valence-electron chi connectivity index (χ3n) is 4.31. The lowest BCUT2D eigenvalue weighted by Crippen LogP contribution is -2.13. The maximum atomic E-state index is 10.6. The minimum absolute atomic E-state index is 0.288. The first kappa shape index (κ1) is 21.6. The molecule has 0 heterocycles. The zero-order valence-corrected chi connectivity index (χ0v) is 17.1. The third kappa shape index (κ3) is 7.04. The molecule has 0 aliphatic heterocycles. The normalized spacial score (nSPS) is 11.3. The molecule has 0 radical (unpaired) electrons. The Kier molecular flexibility index (Phi) is 7.83. The highest BCUT2D eigenvalue weighted by atomic mass is 16.6. The molecule has 3 aromatic carbocycles. The lowest BCUT2D eigenvalue weighted by molar-refractivity contribution is -0.131. The summed E-state index contributed by atoms with van der Waals surface area (Å²) in [5, 5.41) is 12.7. The van der Waals surface area contributed by atoms with Crippen LogP contribution in [0.3, 0.4) is 0 Å². The van der Waals surface area contributed by atoms with Gasteiger partial charge in [-0.3, -0.25) is 0 Å². The number of hydrogen-bond acceptors (Lipinski definition) is 5. The smallest absolute Gasteiger partial charge is 0.328 e. The predicted molar refractivity (Wildman–Crippen MR) is 119 cm³/mol. The van der Waals surface area contributed by atoms with Gasteiger partial charge in [0.1, 0.15) is 37.5 Å². The summed E-state index contributed by atoms with van der Waals surface area (Å²) in [5.41, 5.74) is 3.44. The Morgan fingerprint density at radius 3 is 2.19 bits per heavy atom. The fourth-order valence-corrected chi connectivity index (χ4v) is 2.75. The molecule has 0 saturated carbocycles. The highest BCUT2D eigenvalue weighted by Gasteiger charge is 2.06. The van der Waals surface area contributed by atoms with Crippen molar-refractivity contribution in [2.45, 2.75) is 6.61 Å². The Balaban J connectivity index is 1.52. The summed E-state index contributed by atoms with van der Waals surface area (Å²) in [4.78, 5) is 15.5. The van der Waals surface area contributed by atoms with Crippen molar-refractivity contribution in [3.8, 4) is 11.5 Å². The lowest BCUT2D eigenvalue weighted by Gasteiger charge is -2.10. The fourth-order valence-electron chi connectivity index (χ4n) is 2.75. The minimum atomic E-state index is -0.977. The molecular weight excluding hydrogens is 394 g/mol. The quantitative estimate of drug-likeness (QED) is 0.291. The molecule has 3 rings (SSSR count). The largest absolute Gasteiger partial charge is 0.489 e. The van der Waals surface area contributed by atoms with E-state index in [1.54, 1.807) is 24.3 Å². The van der Waals surface area contributed by atoms with E-state index in [0.717, 1.165) is 28.5 Å². The molecule has 0 aliphatic rings. The first-order valence-electron chi connectivity index (χ1n) is 9.65. The van der Waals surface area contributed by atoms with E-state index >= 15 is 0 Å². The maximum Gasteiger partial charge on any atom is 0.328 e. The van der Waals surface area contributed by atoms with E-state index in [2.05, 4.69) is 5.16 Å². The van der Waals surface area contributed by atoms with Gasteiger partial charge in [0.25, 0.3) is 0 Å². The lowest BCUT2D eigenvalue weighted by atomic mass is 10.1. The Labute approximate surface area is 181 Å². The van der Waals surface area contributed by atoms with Gasteiger partial charge in [0.2, 0.25) is 0 Å². The second-order valence-corrected chi connectivity index (χ2v) is 6.55. The van der Waals surface area contributed by atoms with Gasteiger partial charge in [-0.1, -0.05) is 59.8 Å². The monoisotopic (exact) mass is 417 g/mol. The van der Waals surface area contributed by atoms with E-state index in [1.165, 1.54) is 13.2 Å². The van der Waals surface area contributed by atoms with Crippen molar-refractivity contribution in [1.82, 2.24) is 0 Å². The number of rotatable bonds is 10. The van der Waals surface area contributed by atoms with Crippen molar-refractivity contribution in [3.63, 3.8) is 0 Å². The van der Waals surface area contributed by atoms with Gasteiger partial charge in [0, 0.05) is 11.6 Å². The van der Waals surface area contributed by atoms with Crippen molar-refractivity contribution >= 4 is 17.8 Å². The minimum Gasteiger partial charge on any atom is -0.489 e. The summed E-state index contributed by atoms with van der Waals surface area (Å²) in [6.07, 6.45) is 2.63. The van der Waals surface area contributed by atoms with E-state index in [4.69, 9.17) is 19.4 Å². The maximum absolute atomic E-state index is 10.6. The second kappa shape index (κ2) is 11.2. The summed E-state index contributed by atoms with van der Waals surface area (Å²) in [7, 11) is 1.51. The van der Waals surface area contributed by atoms with E-state index in [1.807, 2.05) is 54.6 Å². The molecule has 0 spiro atoms. The van der Waals surface area contributed by atoms with E-state index in [-0.39, 0.29) is 6.61 Å². The molecule has 0 bridgehead atoms. The summed E-state index contributed by atoms with van der Waals surface area (Å²) >= 11 is 0. The van der Waals surface area contributed by atoms with Crippen LogP contribution >= 0.6 is 0 Å². The summed E-state index contributed by atoms with van der Waals surface area (Å²) < 4.78 is 11.6. The highest BCUT2D eigenvalue weighted by molar-refractivity contribution is 6.01. The molecular formula is C25H23NO5. The van der Waals surface area contributed by atoms with Crippen LogP contribution in [0.25, 0.3) is 6.08 Å². The van der Waals surface area contributed by atoms with Gasteiger partial charge in [-0.15, -0.1) is 0 Å². The number of carboxylic acid groups (broad SMARTS) is 1. The van der Waals surface area contributed by atoms with Crippen LogP contribution in [0.5, 0.6) is 11.5 Å². The van der Waals surface area contributed by atoms with Crippen LogP contribution in [0.15, 0.2) is 90.1 Å². The van der Waals surface area contributed by atoms with Crippen LogP contribution in [-0.4, -0.2) is 30.5 Å². The van der Waals surface area contributed by atoms with E-state index in [9.17, 15) is 4.79 Å². The molecule has 1 N–H and O–H groups in total. The average Bonchev–Trinajstić information content (AvgIpc) is 2.81. The summed E-state index contributed by atoms with van der Waals surface area (Å²) in [6.45, 7) is 0.696. The summed E-state index contributed by atoms with van der Waals surface area (Å²) in [5.74, 6) is 0.448. The van der Waals surface area contributed by atoms with Gasteiger partial charge in [0.15, 0.2) is 0 Å². The Bertz CT molecular complexity index is 1030. The fraction of sp³-hybridized carbons (Fsp3) is 0.120. The van der Waals surface area contributed by atoms with E-state index in [0.29, 0.717) is 18.1 Å². The third-order valence-corrected chi connectivity index (χ3v) is 4.31. The topological polar surface area (TPSA) is 77.3 Å². The first-order valence-corrected chi connectivity index (χ1v) is 9.65. The van der Waals surface area contributed by atoms with Crippen LogP contribution in [0.4, 0.5) is 0 Å². The molecule has 6 nitrogen and oxygen atoms in total. The molecule has 0 unspecified atom stereocenters. The SMILES string of the molecule is CON=C(COc1ccc(COc2ccc(C=CC(=O)O)cc2)cc1)c1ccccc1.